The molecule has 3 aromatic rings. The van der Waals surface area contributed by atoms with Crippen molar-refractivity contribution in [2.75, 3.05) is 18.5 Å². The molecule has 1 atom stereocenters. The SMILES string of the molecule is O=C(c1ccccc1)c1cc(Cl)ccc1NCC(O)COc1ccc(Cl)cc1. The summed E-state index contributed by atoms with van der Waals surface area (Å²) in [6.45, 7) is 0.314. The molecule has 0 amide bonds. The Hall–Kier alpha value is -2.53. The van der Waals surface area contributed by atoms with E-state index in [-0.39, 0.29) is 18.9 Å². The molecule has 0 saturated heterocycles. The average molecular weight is 416 g/mol. The minimum absolute atomic E-state index is 0.101. The summed E-state index contributed by atoms with van der Waals surface area (Å²) in [6, 6.07) is 20.9. The lowest BCUT2D eigenvalue weighted by molar-refractivity contribution is 0.103. The molecule has 2 N–H and O–H groups in total. The summed E-state index contributed by atoms with van der Waals surface area (Å²) in [4.78, 5) is 12.8. The number of halogens is 2. The van der Waals surface area contributed by atoms with Gasteiger partial charge in [0.25, 0.3) is 0 Å². The van der Waals surface area contributed by atoms with E-state index in [4.69, 9.17) is 27.9 Å². The van der Waals surface area contributed by atoms with Gasteiger partial charge in [-0.3, -0.25) is 4.79 Å². The number of nitrogens with one attached hydrogen (secondary N) is 1. The van der Waals surface area contributed by atoms with Crippen LogP contribution in [0.1, 0.15) is 15.9 Å². The summed E-state index contributed by atoms with van der Waals surface area (Å²) in [7, 11) is 0. The zero-order valence-corrected chi connectivity index (χ0v) is 16.5. The van der Waals surface area contributed by atoms with Crippen LogP contribution in [0, 0.1) is 0 Å². The van der Waals surface area contributed by atoms with Crippen LogP contribution in [0.15, 0.2) is 72.8 Å². The van der Waals surface area contributed by atoms with Crippen molar-refractivity contribution in [1.82, 2.24) is 0 Å². The van der Waals surface area contributed by atoms with Crippen molar-refractivity contribution in [1.29, 1.82) is 0 Å². The van der Waals surface area contributed by atoms with Gasteiger partial charge in [0.05, 0.1) is 0 Å². The van der Waals surface area contributed by atoms with Crippen LogP contribution in [0.2, 0.25) is 10.0 Å². The van der Waals surface area contributed by atoms with Crippen LogP contribution in [0.5, 0.6) is 5.75 Å². The van der Waals surface area contributed by atoms with Crippen molar-refractivity contribution in [2.45, 2.75) is 6.10 Å². The van der Waals surface area contributed by atoms with E-state index in [2.05, 4.69) is 5.32 Å². The third kappa shape index (κ3) is 5.49. The van der Waals surface area contributed by atoms with Gasteiger partial charge in [-0.1, -0.05) is 53.5 Å². The van der Waals surface area contributed by atoms with Crippen LogP contribution in [-0.2, 0) is 0 Å². The van der Waals surface area contributed by atoms with Crippen molar-refractivity contribution >= 4 is 34.7 Å². The topological polar surface area (TPSA) is 58.6 Å². The molecule has 0 saturated carbocycles. The summed E-state index contributed by atoms with van der Waals surface area (Å²) in [5.41, 5.74) is 1.62. The summed E-state index contributed by atoms with van der Waals surface area (Å²) < 4.78 is 5.54. The van der Waals surface area contributed by atoms with Gasteiger partial charge in [-0.15, -0.1) is 0 Å². The van der Waals surface area contributed by atoms with Gasteiger partial charge < -0.3 is 15.2 Å². The average Bonchev–Trinajstić information content (AvgIpc) is 2.72. The van der Waals surface area contributed by atoms with Gasteiger partial charge in [0, 0.05) is 33.4 Å². The molecule has 4 nitrogen and oxygen atoms in total. The lowest BCUT2D eigenvalue weighted by atomic mass is 10.0. The molecule has 3 rings (SSSR count). The lowest BCUT2D eigenvalue weighted by Gasteiger charge is -2.16. The van der Waals surface area contributed by atoms with Crippen molar-refractivity contribution in [3.63, 3.8) is 0 Å². The molecule has 144 valence electrons. The quantitative estimate of drug-likeness (QED) is 0.503. The fourth-order valence-electron chi connectivity index (χ4n) is 2.61. The van der Waals surface area contributed by atoms with Crippen LogP contribution in [0.3, 0.4) is 0 Å². The maximum absolute atomic E-state index is 12.8. The first-order valence-electron chi connectivity index (χ1n) is 8.72. The second-order valence-electron chi connectivity index (χ2n) is 6.18. The Morgan fingerprint density at radius 3 is 2.36 bits per heavy atom. The molecule has 0 spiro atoms. The fourth-order valence-corrected chi connectivity index (χ4v) is 2.91. The van der Waals surface area contributed by atoms with E-state index in [1.165, 1.54) is 0 Å². The van der Waals surface area contributed by atoms with Crippen LogP contribution in [0.25, 0.3) is 0 Å². The Balaban J connectivity index is 1.63. The highest BCUT2D eigenvalue weighted by molar-refractivity contribution is 6.31. The second-order valence-corrected chi connectivity index (χ2v) is 7.06. The molecule has 0 heterocycles. The number of ether oxygens (including phenoxy) is 1. The Kier molecular flexibility index (Phi) is 6.93. The van der Waals surface area contributed by atoms with Gasteiger partial charge in [0.2, 0.25) is 0 Å². The number of benzene rings is 3. The predicted octanol–water partition coefficient (Wildman–Crippen LogP) is 5.08. The Labute approximate surface area is 173 Å². The first-order valence-corrected chi connectivity index (χ1v) is 9.48. The molecule has 3 aromatic carbocycles. The van der Waals surface area contributed by atoms with Crippen molar-refractivity contribution in [3.05, 3.63) is 94.0 Å². The normalized spacial score (nSPS) is 11.7. The number of rotatable bonds is 8. The Morgan fingerprint density at radius 1 is 0.964 bits per heavy atom. The number of ketones is 1. The third-order valence-electron chi connectivity index (χ3n) is 4.05. The molecule has 0 radical (unpaired) electrons. The predicted molar refractivity (Wildman–Crippen MR) is 113 cm³/mol. The monoisotopic (exact) mass is 415 g/mol. The third-order valence-corrected chi connectivity index (χ3v) is 4.53. The summed E-state index contributed by atoms with van der Waals surface area (Å²) in [6.07, 6.45) is -0.772. The van der Waals surface area contributed by atoms with Gasteiger partial charge in [-0.05, 0) is 42.5 Å². The van der Waals surface area contributed by atoms with E-state index >= 15 is 0 Å². The first kappa shape index (κ1) is 20.2. The van der Waals surface area contributed by atoms with Crippen molar-refractivity contribution in [3.8, 4) is 5.75 Å². The maximum atomic E-state index is 12.8. The van der Waals surface area contributed by atoms with Gasteiger partial charge in [-0.2, -0.15) is 0 Å². The number of hydrogen-bond acceptors (Lipinski definition) is 4. The lowest BCUT2D eigenvalue weighted by Crippen LogP contribution is -2.27. The molecule has 6 heteroatoms. The molecule has 0 aliphatic carbocycles. The van der Waals surface area contributed by atoms with E-state index in [1.807, 2.05) is 18.2 Å². The molecular formula is C22H19Cl2NO3. The Morgan fingerprint density at radius 2 is 1.64 bits per heavy atom. The van der Waals surface area contributed by atoms with Crippen molar-refractivity contribution in [2.24, 2.45) is 0 Å². The van der Waals surface area contributed by atoms with Crippen LogP contribution in [0.4, 0.5) is 5.69 Å². The summed E-state index contributed by atoms with van der Waals surface area (Å²) in [5, 5.41) is 14.4. The smallest absolute Gasteiger partial charge is 0.195 e. The maximum Gasteiger partial charge on any atom is 0.195 e. The van der Waals surface area contributed by atoms with Gasteiger partial charge in [0.1, 0.15) is 18.5 Å². The van der Waals surface area contributed by atoms with Crippen molar-refractivity contribution < 1.29 is 14.6 Å². The van der Waals surface area contributed by atoms with Crippen LogP contribution >= 0.6 is 23.2 Å². The highest BCUT2D eigenvalue weighted by Gasteiger charge is 2.15. The van der Waals surface area contributed by atoms with Gasteiger partial charge >= 0.3 is 0 Å². The molecule has 28 heavy (non-hydrogen) atoms. The largest absolute Gasteiger partial charge is 0.491 e. The summed E-state index contributed by atoms with van der Waals surface area (Å²) >= 11 is 11.9. The number of carbonyl (C=O) groups excluding carboxylic acids is 1. The number of aliphatic hydroxyl groups excluding tert-OH is 1. The molecule has 0 aliphatic heterocycles. The van der Waals surface area contributed by atoms with Crippen LogP contribution in [-0.4, -0.2) is 30.1 Å². The minimum Gasteiger partial charge on any atom is -0.491 e. The molecule has 0 aromatic heterocycles. The van der Waals surface area contributed by atoms with Gasteiger partial charge in [-0.25, -0.2) is 0 Å². The molecule has 0 aliphatic rings. The van der Waals surface area contributed by atoms with Crippen LogP contribution < -0.4 is 10.1 Å². The standard InChI is InChI=1S/C22H19Cl2NO3/c23-16-6-9-19(10-7-16)28-14-18(26)13-25-21-11-8-17(24)12-20(21)22(27)15-4-2-1-3-5-15/h1-12,18,25-26H,13-14H2. The number of aliphatic hydroxyl groups is 1. The fraction of sp³-hybridized carbons (Fsp3) is 0.136. The van der Waals surface area contributed by atoms with E-state index < -0.39 is 6.10 Å². The number of hydrogen-bond donors (Lipinski definition) is 2. The highest BCUT2D eigenvalue weighted by Crippen LogP contribution is 2.24. The van der Waals surface area contributed by atoms with Gasteiger partial charge in [0.15, 0.2) is 5.78 Å². The van der Waals surface area contributed by atoms with E-state index in [9.17, 15) is 9.90 Å². The number of anilines is 1. The first-order chi connectivity index (χ1) is 13.5. The second kappa shape index (κ2) is 9.60. The Bertz CT molecular complexity index is 930. The molecule has 0 fully saturated rings. The molecule has 0 bridgehead atoms. The van der Waals surface area contributed by atoms with E-state index in [0.29, 0.717) is 32.6 Å². The summed E-state index contributed by atoms with van der Waals surface area (Å²) in [5.74, 6) is 0.479. The minimum atomic E-state index is -0.772. The van der Waals surface area contributed by atoms with E-state index in [0.717, 1.165) is 0 Å². The van der Waals surface area contributed by atoms with E-state index in [1.54, 1.807) is 54.6 Å². The zero-order valence-electron chi connectivity index (χ0n) is 14.9. The highest BCUT2D eigenvalue weighted by atomic mass is 35.5. The molecular weight excluding hydrogens is 397 g/mol. The number of carbonyl (C=O) groups is 1. The molecule has 1 unspecified atom stereocenters. The zero-order chi connectivity index (χ0) is 19.9.